The van der Waals surface area contributed by atoms with Crippen molar-refractivity contribution in [3.63, 3.8) is 0 Å². The molecule has 0 nitrogen and oxygen atoms in total. The second-order valence-electron chi connectivity index (χ2n) is 2.61. The lowest BCUT2D eigenvalue weighted by atomic mass is 10.1. The molecule has 46 valence electrons. The average molecular weight is 128 g/mol. The van der Waals surface area contributed by atoms with Gasteiger partial charge in [-0.1, -0.05) is 6.92 Å². The Labute approximate surface area is 53.1 Å². The molecule has 1 rings (SSSR count). The van der Waals surface area contributed by atoms with Crippen LogP contribution in [-0.4, -0.2) is 11.0 Å². The SMILES string of the molecule is CC1=PC(C)CCC1. The molecule has 0 N–H and O–H groups in total. The van der Waals surface area contributed by atoms with Crippen LogP contribution in [0.5, 0.6) is 0 Å². The van der Waals surface area contributed by atoms with Crippen LogP contribution < -0.4 is 0 Å². The average Bonchev–Trinajstić information content (AvgIpc) is 1.64. The van der Waals surface area contributed by atoms with Gasteiger partial charge in [-0.15, -0.1) is 8.20 Å². The van der Waals surface area contributed by atoms with E-state index in [4.69, 9.17) is 0 Å². The van der Waals surface area contributed by atoms with Gasteiger partial charge >= 0.3 is 0 Å². The highest BCUT2D eigenvalue weighted by molar-refractivity contribution is 7.41. The molecule has 0 saturated carbocycles. The van der Waals surface area contributed by atoms with Crippen LogP contribution in [0.3, 0.4) is 0 Å². The largest absolute Gasteiger partial charge is 0.103 e. The van der Waals surface area contributed by atoms with Crippen LogP contribution in [0.1, 0.15) is 33.1 Å². The van der Waals surface area contributed by atoms with E-state index < -0.39 is 0 Å². The van der Waals surface area contributed by atoms with E-state index in [1.54, 1.807) is 13.5 Å². The highest BCUT2D eigenvalue weighted by Gasteiger charge is 2.05. The van der Waals surface area contributed by atoms with Gasteiger partial charge in [-0.2, -0.15) is 0 Å². The van der Waals surface area contributed by atoms with Gasteiger partial charge in [0.05, 0.1) is 0 Å². The van der Waals surface area contributed by atoms with E-state index in [0.29, 0.717) is 0 Å². The molecule has 0 spiro atoms. The smallest absolute Gasteiger partial charge is 0.00200 e. The predicted octanol–water partition coefficient (Wildman–Crippen LogP) is 2.70. The summed E-state index contributed by atoms with van der Waals surface area (Å²) in [6.45, 7) is 4.61. The topological polar surface area (TPSA) is 0 Å². The summed E-state index contributed by atoms with van der Waals surface area (Å²) in [5.74, 6) is 0. The first-order valence-corrected chi connectivity index (χ1v) is 4.28. The summed E-state index contributed by atoms with van der Waals surface area (Å²) in [6.07, 6.45) is 4.25. The van der Waals surface area contributed by atoms with Gasteiger partial charge in [0.25, 0.3) is 0 Å². The first-order chi connectivity index (χ1) is 3.79. The molecule has 1 heterocycles. The molecule has 0 amide bonds. The Morgan fingerprint density at radius 3 is 2.75 bits per heavy atom. The van der Waals surface area contributed by atoms with Crippen molar-refractivity contribution in [1.82, 2.24) is 0 Å². The molecule has 0 saturated heterocycles. The molecule has 0 bridgehead atoms. The van der Waals surface area contributed by atoms with E-state index in [1.165, 1.54) is 19.3 Å². The van der Waals surface area contributed by atoms with E-state index in [1.807, 2.05) is 0 Å². The Balaban J connectivity index is 2.50. The highest BCUT2D eigenvalue weighted by Crippen LogP contribution is 2.23. The van der Waals surface area contributed by atoms with Gasteiger partial charge in [-0.25, -0.2) is 0 Å². The lowest BCUT2D eigenvalue weighted by Gasteiger charge is -2.12. The minimum atomic E-state index is 0.948. The van der Waals surface area contributed by atoms with Gasteiger partial charge in [0.1, 0.15) is 0 Å². The van der Waals surface area contributed by atoms with Gasteiger partial charge in [-0.05, 0) is 37.1 Å². The van der Waals surface area contributed by atoms with Crippen molar-refractivity contribution in [3.05, 3.63) is 0 Å². The van der Waals surface area contributed by atoms with Crippen molar-refractivity contribution in [2.75, 3.05) is 0 Å². The standard InChI is InChI=1S/C7H13P/c1-6-4-3-5-7(2)8-6/h6H,3-5H2,1-2H3. The zero-order valence-electron chi connectivity index (χ0n) is 5.65. The Morgan fingerprint density at radius 1 is 1.62 bits per heavy atom. The van der Waals surface area contributed by atoms with Crippen LogP contribution in [0.15, 0.2) is 0 Å². The zero-order chi connectivity index (χ0) is 5.98. The van der Waals surface area contributed by atoms with E-state index in [9.17, 15) is 0 Å². The van der Waals surface area contributed by atoms with E-state index in [-0.39, 0.29) is 0 Å². The molecule has 1 atom stereocenters. The molecule has 1 aliphatic rings. The molecule has 0 aromatic carbocycles. The number of hydrogen-bond donors (Lipinski definition) is 0. The first kappa shape index (κ1) is 6.29. The predicted molar refractivity (Wildman–Crippen MR) is 40.9 cm³/mol. The third-order valence-corrected chi connectivity index (χ3v) is 2.96. The lowest BCUT2D eigenvalue weighted by Crippen LogP contribution is -2.02. The summed E-state index contributed by atoms with van der Waals surface area (Å²) in [4.78, 5) is 0. The maximum Gasteiger partial charge on any atom is -0.00200 e. The van der Waals surface area contributed by atoms with Crippen molar-refractivity contribution in [2.24, 2.45) is 0 Å². The normalized spacial score (nSPS) is 31.8. The summed E-state index contributed by atoms with van der Waals surface area (Å²) >= 11 is 0. The Morgan fingerprint density at radius 2 is 2.38 bits per heavy atom. The van der Waals surface area contributed by atoms with Crippen molar-refractivity contribution >= 4 is 13.5 Å². The summed E-state index contributed by atoms with van der Waals surface area (Å²) in [5, 5.41) is 1.68. The number of rotatable bonds is 0. The zero-order valence-corrected chi connectivity index (χ0v) is 6.54. The van der Waals surface area contributed by atoms with Gasteiger partial charge in [0, 0.05) is 0 Å². The van der Waals surface area contributed by atoms with Crippen molar-refractivity contribution in [1.29, 1.82) is 0 Å². The maximum absolute atomic E-state index is 2.34. The van der Waals surface area contributed by atoms with Crippen molar-refractivity contribution in [3.8, 4) is 0 Å². The third kappa shape index (κ3) is 1.59. The van der Waals surface area contributed by atoms with Crippen molar-refractivity contribution < 1.29 is 0 Å². The van der Waals surface area contributed by atoms with Gasteiger partial charge < -0.3 is 0 Å². The quantitative estimate of drug-likeness (QED) is 0.440. The van der Waals surface area contributed by atoms with E-state index in [0.717, 1.165) is 5.66 Å². The number of hydrogen-bond acceptors (Lipinski definition) is 0. The molecule has 0 aromatic rings. The molecular formula is C7H13P. The molecule has 1 heteroatoms. The summed E-state index contributed by atoms with van der Waals surface area (Å²) in [5.41, 5.74) is 0.948. The highest BCUT2D eigenvalue weighted by atomic mass is 31.1. The van der Waals surface area contributed by atoms with Crippen LogP contribution >= 0.6 is 8.20 Å². The molecule has 0 aromatic heterocycles. The van der Waals surface area contributed by atoms with Crippen LogP contribution in [0.25, 0.3) is 0 Å². The third-order valence-electron chi connectivity index (χ3n) is 1.60. The Kier molecular flexibility index (Phi) is 2.08. The first-order valence-electron chi connectivity index (χ1n) is 3.32. The fourth-order valence-electron chi connectivity index (χ4n) is 1.16. The molecule has 0 aliphatic carbocycles. The molecular weight excluding hydrogens is 115 g/mol. The van der Waals surface area contributed by atoms with Gasteiger partial charge in [-0.3, -0.25) is 0 Å². The van der Waals surface area contributed by atoms with Crippen LogP contribution in [0.2, 0.25) is 0 Å². The lowest BCUT2D eigenvalue weighted by molar-refractivity contribution is 0.747. The molecule has 8 heavy (non-hydrogen) atoms. The second-order valence-corrected chi connectivity index (χ2v) is 4.51. The van der Waals surface area contributed by atoms with Crippen molar-refractivity contribution in [2.45, 2.75) is 38.8 Å². The molecule has 1 aliphatic heterocycles. The monoisotopic (exact) mass is 128 g/mol. The minimum Gasteiger partial charge on any atom is -0.103 e. The summed E-state index contributed by atoms with van der Waals surface area (Å²) in [7, 11) is 1.61. The second kappa shape index (κ2) is 2.64. The molecule has 0 radical (unpaired) electrons. The molecule has 0 fully saturated rings. The van der Waals surface area contributed by atoms with Crippen LogP contribution in [0.4, 0.5) is 0 Å². The molecule has 1 unspecified atom stereocenters. The van der Waals surface area contributed by atoms with E-state index >= 15 is 0 Å². The Bertz CT molecular complexity index is 105. The Hall–Kier alpha value is 0.170. The van der Waals surface area contributed by atoms with E-state index in [2.05, 4.69) is 13.8 Å². The summed E-state index contributed by atoms with van der Waals surface area (Å²) < 4.78 is 0. The summed E-state index contributed by atoms with van der Waals surface area (Å²) in [6, 6.07) is 0. The fraction of sp³-hybridized carbons (Fsp3) is 0.857. The fourth-order valence-corrected chi connectivity index (χ4v) is 2.51. The maximum atomic E-state index is 2.34. The van der Waals surface area contributed by atoms with Gasteiger partial charge in [0.2, 0.25) is 0 Å². The minimum absolute atomic E-state index is 0.948. The van der Waals surface area contributed by atoms with Crippen LogP contribution in [0, 0.1) is 0 Å². The van der Waals surface area contributed by atoms with Gasteiger partial charge in [0.15, 0.2) is 0 Å². The van der Waals surface area contributed by atoms with Crippen LogP contribution in [-0.2, 0) is 0 Å².